The molecule has 1 aromatic heterocycles. The number of H-pyrrole nitrogens is 1. The number of ether oxygens (including phenoxy) is 1. The molecule has 1 saturated heterocycles. The van der Waals surface area contributed by atoms with Gasteiger partial charge in [-0.2, -0.15) is 0 Å². The summed E-state index contributed by atoms with van der Waals surface area (Å²) in [5.41, 5.74) is 1.02. The van der Waals surface area contributed by atoms with Crippen molar-refractivity contribution in [2.45, 2.75) is 45.2 Å². The van der Waals surface area contributed by atoms with Crippen LogP contribution in [-0.2, 0) is 14.4 Å². The SMILES string of the molecule is COc1cccc2[nH]c(C(=O)NC(CC(C)C)C(=O)NC(CC3CCNC3=O)C(=O)CCl)cc12. The molecule has 1 aromatic carbocycles. The summed E-state index contributed by atoms with van der Waals surface area (Å²) in [6.45, 7) is 4.41. The van der Waals surface area contributed by atoms with Crippen molar-refractivity contribution in [1.29, 1.82) is 0 Å². The number of hydrogen-bond acceptors (Lipinski definition) is 5. The zero-order valence-electron chi connectivity index (χ0n) is 19.6. The van der Waals surface area contributed by atoms with Crippen molar-refractivity contribution < 1.29 is 23.9 Å². The summed E-state index contributed by atoms with van der Waals surface area (Å²) < 4.78 is 5.34. The summed E-state index contributed by atoms with van der Waals surface area (Å²) in [6.07, 6.45) is 1.14. The lowest BCUT2D eigenvalue weighted by molar-refractivity contribution is -0.129. The van der Waals surface area contributed by atoms with E-state index >= 15 is 0 Å². The average molecular weight is 491 g/mol. The van der Waals surface area contributed by atoms with Gasteiger partial charge in [0.1, 0.15) is 17.5 Å². The lowest BCUT2D eigenvalue weighted by atomic mass is 9.95. The van der Waals surface area contributed by atoms with Gasteiger partial charge in [-0.15, -0.1) is 11.6 Å². The molecule has 2 heterocycles. The third-order valence-corrected chi connectivity index (χ3v) is 6.20. The van der Waals surface area contributed by atoms with Crippen LogP contribution in [0, 0.1) is 11.8 Å². The predicted octanol–water partition coefficient (Wildman–Crippen LogP) is 2.14. The van der Waals surface area contributed by atoms with Gasteiger partial charge in [-0.25, -0.2) is 0 Å². The number of nitrogens with one attached hydrogen (secondary N) is 4. The minimum Gasteiger partial charge on any atom is -0.496 e. The molecule has 0 spiro atoms. The van der Waals surface area contributed by atoms with Crippen LogP contribution in [0.5, 0.6) is 5.75 Å². The zero-order chi connectivity index (χ0) is 24.8. The summed E-state index contributed by atoms with van der Waals surface area (Å²) in [7, 11) is 1.55. The number of Topliss-reactive ketones (excluding diaryl/α,β-unsaturated/α-hetero) is 1. The highest BCUT2D eigenvalue weighted by atomic mass is 35.5. The summed E-state index contributed by atoms with van der Waals surface area (Å²) in [5, 5.41) is 8.99. The standard InChI is InChI=1S/C24H31ClN4O5/c1-13(2)9-18(23(32)28-17(20(30)12-25)10-14-7-8-26-22(14)31)29-24(33)19-11-15-16(27-19)5-4-6-21(15)34-3/h4-6,11,13-14,17-18,27H,7-10,12H2,1-3H3,(H,26,31)(H,28,32)(H,29,33). The molecule has 0 aliphatic carbocycles. The Morgan fingerprint density at radius 3 is 2.59 bits per heavy atom. The zero-order valence-corrected chi connectivity index (χ0v) is 20.3. The van der Waals surface area contributed by atoms with E-state index in [0.29, 0.717) is 25.1 Å². The van der Waals surface area contributed by atoms with Crippen LogP contribution in [0.2, 0.25) is 0 Å². The first-order chi connectivity index (χ1) is 16.2. The molecule has 1 aliphatic rings. The average Bonchev–Trinajstić information content (AvgIpc) is 3.43. The number of halogens is 1. The highest BCUT2D eigenvalue weighted by Crippen LogP contribution is 2.26. The van der Waals surface area contributed by atoms with E-state index in [2.05, 4.69) is 20.9 Å². The second kappa shape index (κ2) is 11.4. The summed E-state index contributed by atoms with van der Waals surface area (Å²) in [5.74, 6) is -1.36. The van der Waals surface area contributed by atoms with Gasteiger partial charge in [0.25, 0.3) is 5.91 Å². The molecular formula is C24H31ClN4O5. The monoisotopic (exact) mass is 490 g/mol. The number of rotatable bonds is 11. The molecule has 34 heavy (non-hydrogen) atoms. The maximum atomic E-state index is 13.2. The quantitative estimate of drug-likeness (QED) is 0.359. The van der Waals surface area contributed by atoms with Crippen molar-refractivity contribution >= 4 is 46.0 Å². The highest BCUT2D eigenvalue weighted by Gasteiger charge is 2.33. The molecule has 3 rings (SSSR count). The molecule has 0 saturated carbocycles. The second-order valence-electron chi connectivity index (χ2n) is 8.93. The third kappa shape index (κ3) is 6.08. The number of carbonyl (C=O) groups is 4. The highest BCUT2D eigenvalue weighted by molar-refractivity contribution is 6.28. The number of ketones is 1. The van der Waals surface area contributed by atoms with Gasteiger partial charge in [-0.3, -0.25) is 19.2 Å². The molecule has 1 fully saturated rings. The maximum Gasteiger partial charge on any atom is 0.268 e. The van der Waals surface area contributed by atoms with Crippen LogP contribution in [0.15, 0.2) is 24.3 Å². The number of aromatic amines is 1. The van der Waals surface area contributed by atoms with E-state index in [1.54, 1.807) is 19.2 Å². The first-order valence-electron chi connectivity index (χ1n) is 11.4. The van der Waals surface area contributed by atoms with Crippen molar-refractivity contribution in [3.8, 4) is 5.75 Å². The van der Waals surface area contributed by atoms with Gasteiger partial charge in [0, 0.05) is 23.4 Å². The fourth-order valence-corrected chi connectivity index (χ4v) is 4.34. The molecule has 2 aromatic rings. The fraction of sp³-hybridized carbons (Fsp3) is 0.500. The number of methoxy groups -OCH3 is 1. The van der Waals surface area contributed by atoms with Gasteiger partial charge in [-0.1, -0.05) is 19.9 Å². The predicted molar refractivity (Wildman–Crippen MR) is 129 cm³/mol. The van der Waals surface area contributed by atoms with Gasteiger partial charge < -0.3 is 25.7 Å². The number of carbonyl (C=O) groups excluding carboxylic acids is 4. The molecule has 1 aliphatic heterocycles. The minimum absolute atomic E-state index is 0.0987. The number of aromatic nitrogens is 1. The molecule has 3 amide bonds. The van der Waals surface area contributed by atoms with Gasteiger partial charge >= 0.3 is 0 Å². The Morgan fingerprint density at radius 1 is 1.21 bits per heavy atom. The van der Waals surface area contributed by atoms with E-state index in [9.17, 15) is 19.2 Å². The van der Waals surface area contributed by atoms with Crippen LogP contribution >= 0.6 is 11.6 Å². The second-order valence-corrected chi connectivity index (χ2v) is 9.20. The molecule has 9 nitrogen and oxygen atoms in total. The largest absolute Gasteiger partial charge is 0.496 e. The minimum atomic E-state index is -0.900. The first kappa shape index (κ1) is 25.6. The molecule has 0 radical (unpaired) electrons. The molecule has 184 valence electrons. The van der Waals surface area contributed by atoms with Crippen LogP contribution in [-0.4, -0.2) is 60.1 Å². The van der Waals surface area contributed by atoms with Gasteiger partial charge in [-0.05, 0) is 43.4 Å². The lowest BCUT2D eigenvalue weighted by Gasteiger charge is -2.24. The number of hydrogen-bond donors (Lipinski definition) is 4. The van der Waals surface area contributed by atoms with Gasteiger partial charge in [0.2, 0.25) is 11.8 Å². The van der Waals surface area contributed by atoms with Crippen molar-refractivity contribution in [3.63, 3.8) is 0 Å². The molecule has 4 N–H and O–H groups in total. The maximum absolute atomic E-state index is 13.2. The molecular weight excluding hydrogens is 460 g/mol. The Bertz CT molecular complexity index is 1070. The van der Waals surface area contributed by atoms with Crippen molar-refractivity contribution in [2.24, 2.45) is 11.8 Å². The third-order valence-electron chi connectivity index (χ3n) is 5.94. The fourth-order valence-electron chi connectivity index (χ4n) is 4.16. The Kier molecular flexibility index (Phi) is 8.55. The Morgan fingerprint density at radius 2 is 1.97 bits per heavy atom. The number of amides is 3. The molecule has 0 bridgehead atoms. The van der Waals surface area contributed by atoms with E-state index in [1.165, 1.54) is 0 Å². The Balaban J connectivity index is 1.75. The van der Waals surface area contributed by atoms with E-state index in [4.69, 9.17) is 16.3 Å². The van der Waals surface area contributed by atoms with Crippen molar-refractivity contribution in [1.82, 2.24) is 20.9 Å². The molecule has 3 atom stereocenters. The van der Waals surface area contributed by atoms with E-state index in [0.717, 1.165) is 10.9 Å². The first-order valence-corrected chi connectivity index (χ1v) is 11.9. The molecule has 10 heteroatoms. The van der Waals surface area contributed by atoms with Crippen molar-refractivity contribution in [2.75, 3.05) is 19.5 Å². The topological polar surface area (TPSA) is 129 Å². The number of fused-ring (bicyclic) bond motifs is 1. The van der Waals surface area contributed by atoms with E-state index < -0.39 is 23.9 Å². The van der Waals surface area contributed by atoms with Crippen LogP contribution < -0.4 is 20.7 Å². The number of alkyl halides is 1. The summed E-state index contributed by atoms with van der Waals surface area (Å²) in [6, 6.07) is 5.34. The summed E-state index contributed by atoms with van der Waals surface area (Å²) >= 11 is 5.76. The summed E-state index contributed by atoms with van der Waals surface area (Å²) in [4.78, 5) is 53.6. The van der Waals surface area contributed by atoms with Crippen LogP contribution in [0.4, 0.5) is 0 Å². The Hall–Kier alpha value is -3.07. The van der Waals surface area contributed by atoms with Crippen molar-refractivity contribution in [3.05, 3.63) is 30.0 Å². The lowest BCUT2D eigenvalue weighted by Crippen LogP contribution is -2.53. The van der Waals surface area contributed by atoms with Crippen LogP contribution in [0.1, 0.15) is 43.6 Å². The smallest absolute Gasteiger partial charge is 0.268 e. The van der Waals surface area contributed by atoms with Crippen LogP contribution in [0.3, 0.4) is 0 Å². The Labute approximate surface area is 203 Å². The van der Waals surface area contributed by atoms with Gasteiger partial charge in [0.15, 0.2) is 5.78 Å². The number of benzene rings is 1. The normalized spacial score (nSPS) is 17.3. The van der Waals surface area contributed by atoms with E-state index in [-0.39, 0.29) is 41.5 Å². The van der Waals surface area contributed by atoms with Crippen LogP contribution in [0.25, 0.3) is 10.9 Å². The molecule has 3 unspecified atom stereocenters. The van der Waals surface area contributed by atoms with E-state index in [1.807, 2.05) is 26.0 Å². The van der Waals surface area contributed by atoms with Gasteiger partial charge in [0.05, 0.1) is 19.0 Å².